The van der Waals surface area contributed by atoms with Gasteiger partial charge in [-0.2, -0.15) is 0 Å². The zero-order chi connectivity index (χ0) is 14.7. The van der Waals surface area contributed by atoms with E-state index < -0.39 is 34.7 Å². The van der Waals surface area contributed by atoms with Crippen LogP contribution in [0.25, 0.3) is 0 Å². The number of nitrogens with two attached hydrogens (primary N) is 1. The van der Waals surface area contributed by atoms with Crippen molar-refractivity contribution in [2.24, 2.45) is 0 Å². The van der Waals surface area contributed by atoms with Crippen molar-refractivity contribution in [3.63, 3.8) is 0 Å². The van der Waals surface area contributed by atoms with Crippen molar-refractivity contribution < 1.29 is 22.7 Å². The molecule has 0 aromatic heterocycles. The van der Waals surface area contributed by atoms with Gasteiger partial charge in [0.25, 0.3) is 0 Å². The molecule has 0 saturated carbocycles. The lowest BCUT2D eigenvalue weighted by Crippen LogP contribution is -2.09. The minimum Gasteiger partial charge on any atom is -0.457 e. The first kappa shape index (κ1) is 13.9. The topological polar surface area (TPSA) is 52.3 Å². The van der Waals surface area contributed by atoms with Gasteiger partial charge in [-0.25, -0.2) is 18.0 Å². The molecule has 3 nitrogen and oxygen atoms in total. The van der Waals surface area contributed by atoms with Crippen LogP contribution in [0.5, 0.6) is 0 Å². The van der Waals surface area contributed by atoms with Crippen LogP contribution < -0.4 is 5.73 Å². The van der Waals surface area contributed by atoms with Crippen LogP contribution >= 0.6 is 0 Å². The maximum absolute atomic E-state index is 13.5. The Morgan fingerprint density at radius 3 is 2.55 bits per heavy atom. The molecule has 2 aromatic rings. The Morgan fingerprint density at radius 1 is 1.10 bits per heavy atom. The Bertz CT molecular complexity index is 659. The number of hydrogen-bond acceptors (Lipinski definition) is 3. The van der Waals surface area contributed by atoms with Gasteiger partial charge in [0, 0.05) is 6.07 Å². The van der Waals surface area contributed by atoms with Gasteiger partial charge in [-0.05, 0) is 23.8 Å². The van der Waals surface area contributed by atoms with E-state index in [-0.39, 0.29) is 6.61 Å². The number of esters is 1. The fraction of sp³-hybridized carbons (Fsp3) is 0.0714. The molecule has 0 saturated heterocycles. The Morgan fingerprint density at radius 2 is 1.85 bits per heavy atom. The van der Waals surface area contributed by atoms with Gasteiger partial charge in [0.15, 0.2) is 0 Å². The number of anilines is 1. The molecular weight excluding hydrogens is 271 g/mol. The molecular formula is C14H10F3NO2. The number of carbonyl (C=O) groups excluding carboxylic acids is 1. The van der Waals surface area contributed by atoms with E-state index in [1.165, 1.54) is 24.3 Å². The third-order valence-corrected chi connectivity index (χ3v) is 2.57. The van der Waals surface area contributed by atoms with Gasteiger partial charge in [-0.15, -0.1) is 0 Å². The first-order valence-corrected chi connectivity index (χ1v) is 5.63. The van der Waals surface area contributed by atoms with Gasteiger partial charge in [-0.1, -0.05) is 12.1 Å². The van der Waals surface area contributed by atoms with E-state index in [0.29, 0.717) is 17.7 Å². The summed E-state index contributed by atoms with van der Waals surface area (Å²) in [5.41, 5.74) is 4.60. The molecule has 6 heteroatoms. The molecule has 0 spiro atoms. The van der Waals surface area contributed by atoms with Crippen LogP contribution in [0.2, 0.25) is 0 Å². The minimum absolute atomic E-state index is 0.248. The number of hydrogen-bond donors (Lipinski definition) is 1. The van der Waals surface area contributed by atoms with Gasteiger partial charge in [0.2, 0.25) is 0 Å². The third-order valence-electron chi connectivity index (χ3n) is 2.57. The third kappa shape index (κ3) is 3.09. The summed E-state index contributed by atoms with van der Waals surface area (Å²) >= 11 is 0. The second-order valence-corrected chi connectivity index (χ2v) is 4.06. The number of carbonyl (C=O) groups is 1. The van der Waals surface area contributed by atoms with Crippen LogP contribution in [0.1, 0.15) is 15.9 Å². The summed E-state index contributed by atoms with van der Waals surface area (Å²) in [5.74, 6) is -3.42. The highest BCUT2D eigenvalue weighted by Gasteiger charge is 2.16. The Kier molecular flexibility index (Phi) is 3.93. The van der Waals surface area contributed by atoms with Gasteiger partial charge in [0.05, 0.1) is 11.3 Å². The van der Waals surface area contributed by atoms with Gasteiger partial charge in [0.1, 0.15) is 24.1 Å². The molecule has 0 unspecified atom stereocenters. The molecule has 0 atom stereocenters. The molecule has 104 valence electrons. The van der Waals surface area contributed by atoms with Crippen molar-refractivity contribution >= 4 is 11.7 Å². The zero-order valence-corrected chi connectivity index (χ0v) is 10.2. The van der Waals surface area contributed by atoms with Crippen molar-refractivity contribution in [3.8, 4) is 0 Å². The first-order chi connectivity index (χ1) is 9.47. The molecule has 0 radical (unpaired) electrons. The number of rotatable bonds is 3. The normalized spacial score (nSPS) is 10.3. The van der Waals surface area contributed by atoms with Crippen LogP contribution in [0.3, 0.4) is 0 Å². The molecule has 2 rings (SSSR count). The molecule has 0 aliphatic heterocycles. The molecule has 20 heavy (non-hydrogen) atoms. The SMILES string of the molecule is Nc1cc(F)c(C(=O)OCc2cccc(F)c2)cc1F. The summed E-state index contributed by atoms with van der Waals surface area (Å²) in [6.45, 7) is -0.248. The Balaban J connectivity index is 2.11. The van der Waals surface area contributed by atoms with Crippen molar-refractivity contribution in [1.29, 1.82) is 0 Å². The number of ether oxygens (including phenoxy) is 1. The van der Waals surface area contributed by atoms with E-state index >= 15 is 0 Å². The van der Waals surface area contributed by atoms with Crippen LogP contribution in [0, 0.1) is 17.5 Å². The van der Waals surface area contributed by atoms with Crippen molar-refractivity contribution in [2.45, 2.75) is 6.61 Å². The molecule has 0 amide bonds. The molecule has 0 aliphatic rings. The number of nitrogen functional groups attached to an aromatic ring is 1. The van der Waals surface area contributed by atoms with Crippen molar-refractivity contribution in [2.75, 3.05) is 5.73 Å². The van der Waals surface area contributed by atoms with Gasteiger partial charge in [-0.3, -0.25) is 0 Å². The second kappa shape index (κ2) is 5.64. The summed E-state index contributed by atoms with van der Waals surface area (Å²) in [5, 5.41) is 0. The van der Waals surface area contributed by atoms with Crippen molar-refractivity contribution in [1.82, 2.24) is 0 Å². The lowest BCUT2D eigenvalue weighted by atomic mass is 10.2. The first-order valence-electron chi connectivity index (χ1n) is 5.63. The summed E-state index contributed by atoms with van der Waals surface area (Å²) in [7, 11) is 0. The van der Waals surface area contributed by atoms with Crippen LogP contribution in [-0.4, -0.2) is 5.97 Å². The largest absolute Gasteiger partial charge is 0.457 e. The summed E-state index contributed by atoms with van der Waals surface area (Å²) in [6, 6.07) is 6.76. The fourth-order valence-electron chi connectivity index (χ4n) is 1.57. The maximum atomic E-state index is 13.5. The van der Waals surface area contributed by atoms with E-state index in [0.717, 1.165) is 0 Å². The van der Waals surface area contributed by atoms with E-state index in [9.17, 15) is 18.0 Å². The van der Waals surface area contributed by atoms with E-state index in [2.05, 4.69) is 0 Å². The fourth-order valence-corrected chi connectivity index (χ4v) is 1.57. The quantitative estimate of drug-likeness (QED) is 0.695. The van der Waals surface area contributed by atoms with Gasteiger partial charge >= 0.3 is 5.97 Å². The summed E-state index contributed by atoms with van der Waals surface area (Å²) in [6.07, 6.45) is 0. The molecule has 0 aliphatic carbocycles. The second-order valence-electron chi connectivity index (χ2n) is 4.06. The van der Waals surface area contributed by atoms with Gasteiger partial charge < -0.3 is 10.5 Å². The van der Waals surface area contributed by atoms with Crippen LogP contribution in [-0.2, 0) is 11.3 Å². The average molecular weight is 281 g/mol. The number of benzene rings is 2. The van der Waals surface area contributed by atoms with Crippen molar-refractivity contribution in [3.05, 3.63) is 65.0 Å². The molecule has 0 fully saturated rings. The predicted octanol–water partition coefficient (Wildman–Crippen LogP) is 3.04. The molecule has 2 N–H and O–H groups in total. The van der Waals surface area contributed by atoms with Crippen LogP contribution in [0.15, 0.2) is 36.4 Å². The van der Waals surface area contributed by atoms with E-state index in [1.54, 1.807) is 0 Å². The summed E-state index contributed by atoms with van der Waals surface area (Å²) in [4.78, 5) is 11.6. The predicted molar refractivity (Wildman–Crippen MR) is 66.3 cm³/mol. The number of halogens is 3. The highest BCUT2D eigenvalue weighted by Crippen LogP contribution is 2.18. The zero-order valence-electron chi connectivity index (χ0n) is 10.2. The lowest BCUT2D eigenvalue weighted by molar-refractivity contribution is 0.0466. The average Bonchev–Trinajstić information content (AvgIpc) is 2.40. The Hall–Kier alpha value is -2.50. The van der Waals surface area contributed by atoms with E-state index in [1.807, 2.05) is 0 Å². The summed E-state index contributed by atoms with van der Waals surface area (Å²) < 4.78 is 44.4. The smallest absolute Gasteiger partial charge is 0.341 e. The molecule has 0 heterocycles. The lowest BCUT2D eigenvalue weighted by Gasteiger charge is -2.07. The highest BCUT2D eigenvalue weighted by molar-refractivity contribution is 5.90. The standard InChI is InChI=1S/C14H10F3NO2/c15-9-3-1-2-8(4-9)7-20-14(19)10-5-12(17)13(18)6-11(10)16/h1-6H,7,18H2. The highest BCUT2D eigenvalue weighted by atomic mass is 19.1. The van der Waals surface area contributed by atoms with Crippen LogP contribution in [0.4, 0.5) is 18.9 Å². The molecule has 2 aromatic carbocycles. The maximum Gasteiger partial charge on any atom is 0.341 e. The van der Waals surface area contributed by atoms with E-state index in [4.69, 9.17) is 10.5 Å². The monoisotopic (exact) mass is 281 g/mol. The molecule has 0 bridgehead atoms. The Labute approximate surface area is 112 Å². The minimum atomic E-state index is -1.05.